The molecule has 2 aromatic rings. The molecule has 132 valence electrons. The number of carbonyl (C=O) groups excluding carboxylic acids is 1. The van der Waals surface area contributed by atoms with Gasteiger partial charge in [0.1, 0.15) is 0 Å². The molecule has 8 heteroatoms. The summed E-state index contributed by atoms with van der Waals surface area (Å²) in [5.41, 5.74) is 1.44. The van der Waals surface area contributed by atoms with Crippen LogP contribution in [0.2, 0.25) is 0 Å². The molecule has 25 heavy (non-hydrogen) atoms. The van der Waals surface area contributed by atoms with Gasteiger partial charge in [0.15, 0.2) is 0 Å². The van der Waals surface area contributed by atoms with E-state index in [0.29, 0.717) is 12.1 Å². The van der Waals surface area contributed by atoms with E-state index in [1.54, 1.807) is 0 Å². The summed E-state index contributed by atoms with van der Waals surface area (Å²) in [6.45, 7) is 0.523. The zero-order valence-electron chi connectivity index (χ0n) is 13.6. The Balaban J connectivity index is 1.44. The lowest BCUT2D eigenvalue weighted by molar-refractivity contribution is -0.120. The fraction of sp³-hybridized carbons (Fsp3) is 0.353. The smallest absolute Gasteiger partial charge is 0.326 e. The molecule has 1 aromatic carbocycles. The second-order valence-corrected chi connectivity index (χ2v) is 8.96. The molecule has 2 aliphatic rings. The van der Waals surface area contributed by atoms with E-state index < -0.39 is 10.2 Å². The molecule has 0 unspecified atom stereocenters. The van der Waals surface area contributed by atoms with Gasteiger partial charge in [0.25, 0.3) is 0 Å². The molecular formula is C17H19N3O3S2. The summed E-state index contributed by atoms with van der Waals surface area (Å²) >= 11 is 1.54. The normalized spacial score (nSPS) is 18.2. The van der Waals surface area contributed by atoms with E-state index in [-0.39, 0.29) is 25.0 Å². The first kappa shape index (κ1) is 16.4. The van der Waals surface area contributed by atoms with Gasteiger partial charge in [0.2, 0.25) is 5.91 Å². The summed E-state index contributed by atoms with van der Waals surface area (Å²) in [7, 11) is -3.55. The molecule has 0 bridgehead atoms. The minimum Gasteiger partial charge on any atom is -0.354 e. The van der Waals surface area contributed by atoms with E-state index in [1.165, 1.54) is 19.9 Å². The van der Waals surface area contributed by atoms with E-state index in [4.69, 9.17) is 0 Å². The van der Waals surface area contributed by atoms with Crippen LogP contribution in [0.3, 0.4) is 0 Å². The van der Waals surface area contributed by atoms with Crippen LogP contribution in [0.1, 0.15) is 17.7 Å². The third kappa shape index (κ3) is 3.11. The van der Waals surface area contributed by atoms with Gasteiger partial charge >= 0.3 is 10.2 Å². The fourth-order valence-electron chi connectivity index (χ4n) is 3.08. The molecule has 0 saturated heterocycles. The van der Waals surface area contributed by atoms with Crippen molar-refractivity contribution in [2.45, 2.75) is 25.3 Å². The third-order valence-corrected chi connectivity index (χ3v) is 7.15. The highest BCUT2D eigenvalue weighted by Crippen LogP contribution is 2.46. The first-order valence-electron chi connectivity index (χ1n) is 8.27. The van der Waals surface area contributed by atoms with Crippen LogP contribution in [0.4, 0.5) is 11.4 Å². The SMILES string of the molecule is O=C(Cc1cccs1)NCCN1c2ccccc2N(C2CC2)S1(=O)=O. The van der Waals surface area contributed by atoms with Crippen molar-refractivity contribution in [3.63, 3.8) is 0 Å². The molecule has 1 amide bonds. The van der Waals surface area contributed by atoms with Crippen LogP contribution < -0.4 is 13.9 Å². The summed E-state index contributed by atoms with van der Waals surface area (Å²) < 4.78 is 28.8. The Morgan fingerprint density at radius 2 is 1.92 bits per heavy atom. The van der Waals surface area contributed by atoms with Crippen molar-refractivity contribution in [2.75, 3.05) is 21.7 Å². The second kappa shape index (κ2) is 6.34. The van der Waals surface area contributed by atoms with Crippen molar-refractivity contribution in [1.29, 1.82) is 0 Å². The average molecular weight is 377 g/mol. The average Bonchev–Trinajstić information content (AvgIpc) is 3.21. The Morgan fingerprint density at radius 1 is 1.16 bits per heavy atom. The topological polar surface area (TPSA) is 69.7 Å². The number of nitrogens with one attached hydrogen (secondary N) is 1. The van der Waals surface area contributed by atoms with Crippen LogP contribution in [-0.2, 0) is 21.4 Å². The molecule has 6 nitrogen and oxygen atoms in total. The van der Waals surface area contributed by atoms with Crippen molar-refractivity contribution in [3.8, 4) is 0 Å². The number of rotatable bonds is 6. The molecule has 2 heterocycles. The maximum Gasteiger partial charge on any atom is 0.326 e. The van der Waals surface area contributed by atoms with Crippen molar-refractivity contribution in [2.24, 2.45) is 0 Å². The first-order chi connectivity index (χ1) is 12.1. The highest BCUT2D eigenvalue weighted by atomic mass is 32.2. The number of para-hydroxylation sites is 2. The molecule has 1 aliphatic heterocycles. The monoisotopic (exact) mass is 377 g/mol. The molecule has 1 saturated carbocycles. The lowest BCUT2D eigenvalue weighted by Gasteiger charge is -2.21. The minimum absolute atomic E-state index is 0.0737. The first-order valence-corrected chi connectivity index (χ1v) is 10.6. The second-order valence-electron chi connectivity index (χ2n) is 6.20. The van der Waals surface area contributed by atoms with Gasteiger partial charge in [-0.2, -0.15) is 8.42 Å². The Labute approximate surface area is 151 Å². The largest absolute Gasteiger partial charge is 0.354 e. The van der Waals surface area contributed by atoms with E-state index in [2.05, 4.69) is 5.32 Å². The Morgan fingerprint density at radius 3 is 2.60 bits per heavy atom. The molecular weight excluding hydrogens is 358 g/mol. The van der Waals surface area contributed by atoms with Gasteiger partial charge in [0, 0.05) is 17.5 Å². The number of anilines is 2. The van der Waals surface area contributed by atoms with E-state index >= 15 is 0 Å². The van der Waals surface area contributed by atoms with Crippen molar-refractivity contribution >= 4 is 38.8 Å². The van der Waals surface area contributed by atoms with Crippen LogP contribution in [-0.4, -0.2) is 33.5 Å². The summed E-state index contributed by atoms with van der Waals surface area (Å²) in [6.07, 6.45) is 2.13. The predicted molar refractivity (Wildman–Crippen MR) is 99.2 cm³/mol. The van der Waals surface area contributed by atoms with Crippen LogP contribution >= 0.6 is 11.3 Å². The zero-order chi connectivity index (χ0) is 17.4. The van der Waals surface area contributed by atoms with Crippen LogP contribution in [0.15, 0.2) is 41.8 Å². The van der Waals surface area contributed by atoms with Crippen molar-refractivity contribution in [3.05, 3.63) is 46.7 Å². The van der Waals surface area contributed by atoms with Crippen LogP contribution in [0.25, 0.3) is 0 Å². The Kier molecular flexibility index (Phi) is 4.16. The van der Waals surface area contributed by atoms with Gasteiger partial charge in [0.05, 0.1) is 24.3 Å². The highest BCUT2D eigenvalue weighted by molar-refractivity contribution is 7.94. The van der Waals surface area contributed by atoms with Gasteiger partial charge in [-0.25, -0.2) is 8.61 Å². The molecule has 1 fully saturated rings. The van der Waals surface area contributed by atoms with Crippen LogP contribution in [0, 0.1) is 0 Å². The number of hydrogen-bond donors (Lipinski definition) is 1. The molecule has 1 aromatic heterocycles. The summed E-state index contributed by atoms with van der Waals surface area (Å²) in [5, 5.41) is 4.75. The molecule has 1 aliphatic carbocycles. The number of amides is 1. The molecule has 4 rings (SSSR count). The Hall–Kier alpha value is -2.06. The number of thiophene rings is 1. The molecule has 0 atom stereocenters. The summed E-state index contributed by atoms with van der Waals surface area (Å²) in [5.74, 6) is -0.0913. The summed E-state index contributed by atoms with van der Waals surface area (Å²) in [4.78, 5) is 13.0. The zero-order valence-corrected chi connectivity index (χ0v) is 15.2. The highest BCUT2D eigenvalue weighted by Gasteiger charge is 2.47. The Bertz CT molecular complexity index is 876. The number of carbonyl (C=O) groups is 1. The van der Waals surface area contributed by atoms with Gasteiger partial charge in [-0.1, -0.05) is 18.2 Å². The van der Waals surface area contributed by atoms with E-state index in [1.807, 2.05) is 41.8 Å². The van der Waals surface area contributed by atoms with Gasteiger partial charge in [-0.15, -0.1) is 11.3 Å². The number of fused-ring (bicyclic) bond motifs is 1. The quantitative estimate of drug-likeness (QED) is 0.839. The molecule has 0 spiro atoms. The minimum atomic E-state index is -3.55. The fourth-order valence-corrected chi connectivity index (χ4v) is 5.71. The maximum atomic E-state index is 12.9. The maximum absolute atomic E-state index is 12.9. The standard InChI is InChI=1S/C17H19N3O3S2/c21-17(12-14-4-3-11-24-14)18-9-10-19-15-5-1-2-6-16(15)20(13-7-8-13)25(19,22)23/h1-6,11,13H,7-10,12H2,(H,18,21). The van der Waals surface area contributed by atoms with E-state index in [9.17, 15) is 13.2 Å². The number of benzene rings is 1. The van der Waals surface area contributed by atoms with Crippen molar-refractivity contribution in [1.82, 2.24) is 5.32 Å². The van der Waals surface area contributed by atoms with Crippen molar-refractivity contribution < 1.29 is 13.2 Å². The van der Waals surface area contributed by atoms with E-state index in [0.717, 1.165) is 23.4 Å². The lowest BCUT2D eigenvalue weighted by atomic mass is 10.2. The van der Waals surface area contributed by atoms with Gasteiger partial charge in [-0.3, -0.25) is 4.79 Å². The van der Waals surface area contributed by atoms with Gasteiger partial charge in [-0.05, 0) is 36.4 Å². The molecule has 0 radical (unpaired) electrons. The number of hydrogen-bond acceptors (Lipinski definition) is 4. The van der Waals surface area contributed by atoms with Gasteiger partial charge < -0.3 is 5.32 Å². The number of nitrogens with zero attached hydrogens (tertiary/aromatic N) is 2. The lowest BCUT2D eigenvalue weighted by Crippen LogP contribution is -2.42. The molecule has 1 N–H and O–H groups in total. The third-order valence-electron chi connectivity index (χ3n) is 4.35. The summed E-state index contributed by atoms with van der Waals surface area (Å²) in [6, 6.07) is 11.3. The predicted octanol–water partition coefficient (Wildman–Crippen LogP) is 2.14. The van der Waals surface area contributed by atoms with Crippen LogP contribution in [0.5, 0.6) is 0 Å².